The first-order chi connectivity index (χ1) is 13.5. The molecule has 3 heterocycles. The molecule has 5 rings (SSSR count). The molecule has 0 spiro atoms. The van der Waals surface area contributed by atoms with Gasteiger partial charge in [-0.15, -0.1) is 10.2 Å². The maximum absolute atomic E-state index is 13.3. The minimum Gasteiger partial charge on any atom is -0.450 e. The van der Waals surface area contributed by atoms with Crippen molar-refractivity contribution in [2.75, 3.05) is 4.90 Å². The Labute approximate surface area is 171 Å². The van der Waals surface area contributed by atoms with Crippen molar-refractivity contribution in [1.82, 2.24) is 10.2 Å². The summed E-state index contributed by atoms with van der Waals surface area (Å²) in [6, 6.07) is 13.9. The van der Waals surface area contributed by atoms with Crippen LogP contribution in [-0.4, -0.2) is 16.1 Å². The van der Waals surface area contributed by atoms with E-state index < -0.39 is 6.04 Å². The van der Waals surface area contributed by atoms with Crippen molar-refractivity contribution < 1.29 is 9.21 Å². The molecule has 2 aromatic heterocycles. The number of hydrogen-bond acceptors (Lipinski definition) is 6. The number of para-hydroxylation sites is 1. The van der Waals surface area contributed by atoms with Crippen LogP contribution in [0, 0.1) is 6.92 Å². The largest absolute Gasteiger partial charge is 0.450 e. The van der Waals surface area contributed by atoms with Crippen LogP contribution in [0.1, 0.15) is 32.7 Å². The Morgan fingerprint density at radius 1 is 1.07 bits per heavy atom. The summed E-state index contributed by atoms with van der Waals surface area (Å²) < 4.78 is 6.79. The third-order valence-corrected chi connectivity index (χ3v) is 6.05. The number of rotatable bonds is 2. The number of carbonyl (C=O) groups is 1. The van der Waals surface area contributed by atoms with Crippen molar-refractivity contribution in [3.8, 4) is 0 Å². The Hall–Kier alpha value is -2.84. The molecule has 0 aliphatic carbocycles. The molecule has 1 atom stereocenters. The van der Waals surface area contributed by atoms with Gasteiger partial charge in [0.2, 0.25) is 10.9 Å². The zero-order valence-electron chi connectivity index (χ0n) is 14.5. The molecule has 1 aliphatic heterocycles. The number of carbonyl (C=O) groups excluding carboxylic acids is 1. The van der Waals surface area contributed by atoms with Gasteiger partial charge in [0.25, 0.3) is 5.91 Å². The summed E-state index contributed by atoms with van der Waals surface area (Å²) >= 11 is 4.73. The van der Waals surface area contributed by atoms with Crippen LogP contribution in [-0.2, 0) is 0 Å². The van der Waals surface area contributed by atoms with E-state index in [0.29, 0.717) is 21.7 Å². The first kappa shape index (κ1) is 17.3. The lowest BCUT2D eigenvalue weighted by Gasteiger charge is -2.22. The summed E-state index contributed by atoms with van der Waals surface area (Å²) in [6.07, 6.45) is 0. The summed E-state index contributed by atoms with van der Waals surface area (Å²) in [5, 5.41) is 9.80. The van der Waals surface area contributed by atoms with Gasteiger partial charge in [-0.3, -0.25) is 14.5 Å². The fourth-order valence-corrected chi connectivity index (χ4v) is 4.44. The second kappa shape index (κ2) is 6.35. The second-order valence-electron chi connectivity index (χ2n) is 6.40. The molecule has 2 aromatic carbocycles. The number of hydrogen-bond donors (Lipinski definition) is 0. The summed E-state index contributed by atoms with van der Waals surface area (Å²) in [4.78, 5) is 28.1. The van der Waals surface area contributed by atoms with Gasteiger partial charge in [-0.1, -0.05) is 51.5 Å². The summed E-state index contributed by atoms with van der Waals surface area (Å²) in [5.41, 5.74) is 1.32. The summed E-state index contributed by atoms with van der Waals surface area (Å²) in [6.45, 7) is 1.82. The lowest BCUT2D eigenvalue weighted by Crippen LogP contribution is -2.29. The Morgan fingerprint density at radius 2 is 1.82 bits per heavy atom. The topological polar surface area (TPSA) is 76.3 Å². The van der Waals surface area contributed by atoms with Crippen LogP contribution in [0.15, 0.2) is 62.2 Å². The zero-order chi connectivity index (χ0) is 19.4. The summed E-state index contributed by atoms with van der Waals surface area (Å²) in [5.74, 6) is -0.327. The minimum absolute atomic E-state index is 0.0597. The highest BCUT2D eigenvalue weighted by Gasteiger charge is 2.45. The van der Waals surface area contributed by atoms with Crippen LogP contribution in [0.4, 0.5) is 5.13 Å². The molecule has 28 heavy (non-hydrogen) atoms. The van der Waals surface area contributed by atoms with Crippen molar-refractivity contribution in [1.29, 1.82) is 0 Å². The Kier molecular flexibility index (Phi) is 3.92. The highest BCUT2D eigenvalue weighted by Crippen LogP contribution is 2.42. The highest BCUT2D eigenvalue weighted by atomic mass is 79.9. The monoisotopic (exact) mass is 453 g/mol. The molecule has 138 valence electrons. The quantitative estimate of drug-likeness (QED) is 0.447. The van der Waals surface area contributed by atoms with E-state index in [1.165, 1.54) is 16.2 Å². The van der Waals surface area contributed by atoms with Crippen molar-refractivity contribution in [2.45, 2.75) is 13.0 Å². The Bertz CT molecular complexity index is 1300. The molecular weight excluding hydrogens is 442 g/mol. The van der Waals surface area contributed by atoms with Gasteiger partial charge in [0, 0.05) is 4.47 Å². The van der Waals surface area contributed by atoms with Crippen LogP contribution in [0.3, 0.4) is 0 Å². The molecule has 0 radical (unpaired) electrons. The fraction of sp³-hybridized carbons (Fsp3) is 0.100. The molecule has 0 saturated heterocycles. The molecule has 1 aliphatic rings. The Morgan fingerprint density at radius 3 is 2.54 bits per heavy atom. The average Bonchev–Trinajstić information content (AvgIpc) is 3.24. The molecule has 4 aromatic rings. The number of anilines is 1. The van der Waals surface area contributed by atoms with E-state index in [2.05, 4.69) is 26.1 Å². The van der Waals surface area contributed by atoms with Gasteiger partial charge in [0.05, 0.1) is 17.0 Å². The van der Waals surface area contributed by atoms with E-state index in [4.69, 9.17) is 4.42 Å². The van der Waals surface area contributed by atoms with Gasteiger partial charge >= 0.3 is 0 Å². The van der Waals surface area contributed by atoms with Crippen LogP contribution in [0.5, 0.6) is 0 Å². The Balaban J connectivity index is 1.82. The van der Waals surface area contributed by atoms with Crippen LogP contribution >= 0.6 is 27.3 Å². The first-order valence-electron chi connectivity index (χ1n) is 8.49. The van der Waals surface area contributed by atoms with E-state index in [1.807, 2.05) is 31.2 Å². The van der Waals surface area contributed by atoms with Gasteiger partial charge < -0.3 is 4.42 Å². The molecule has 0 saturated carbocycles. The number of aromatic nitrogens is 2. The molecule has 8 heteroatoms. The van der Waals surface area contributed by atoms with Crippen molar-refractivity contribution >= 4 is 49.3 Å². The molecular formula is C20H12BrN3O3S. The second-order valence-corrected chi connectivity index (χ2v) is 8.48. The maximum atomic E-state index is 13.3. The maximum Gasteiger partial charge on any atom is 0.297 e. The van der Waals surface area contributed by atoms with Gasteiger partial charge in [-0.05, 0) is 36.8 Å². The summed E-state index contributed by atoms with van der Waals surface area (Å²) in [7, 11) is 0. The van der Waals surface area contributed by atoms with Gasteiger partial charge in [0.15, 0.2) is 5.43 Å². The lowest BCUT2D eigenvalue weighted by atomic mass is 9.99. The predicted octanol–water partition coefficient (Wildman–Crippen LogP) is 4.47. The third kappa shape index (κ3) is 2.52. The van der Waals surface area contributed by atoms with E-state index in [0.717, 1.165) is 15.0 Å². The number of benzene rings is 2. The number of halogens is 1. The van der Waals surface area contributed by atoms with Crippen molar-refractivity contribution in [2.24, 2.45) is 0 Å². The molecule has 0 fully saturated rings. The molecule has 0 unspecified atom stereocenters. The normalized spacial score (nSPS) is 16.0. The third-order valence-electron chi connectivity index (χ3n) is 4.68. The lowest BCUT2D eigenvalue weighted by molar-refractivity contribution is 0.0970. The van der Waals surface area contributed by atoms with Gasteiger partial charge in [-0.2, -0.15) is 0 Å². The molecule has 0 bridgehead atoms. The smallest absolute Gasteiger partial charge is 0.297 e. The van der Waals surface area contributed by atoms with Crippen molar-refractivity contribution in [3.05, 3.63) is 85.1 Å². The van der Waals surface area contributed by atoms with E-state index in [1.54, 1.807) is 24.3 Å². The fourth-order valence-electron chi connectivity index (χ4n) is 3.46. The molecule has 0 N–H and O–H groups in total. The molecule has 1 amide bonds. The van der Waals surface area contributed by atoms with Crippen molar-refractivity contribution in [3.63, 3.8) is 0 Å². The van der Waals surface area contributed by atoms with Crippen LogP contribution in [0.25, 0.3) is 11.0 Å². The first-order valence-corrected chi connectivity index (χ1v) is 10.1. The highest BCUT2D eigenvalue weighted by molar-refractivity contribution is 9.10. The van der Waals surface area contributed by atoms with Crippen LogP contribution in [0.2, 0.25) is 0 Å². The average molecular weight is 454 g/mol. The number of aryl methyl sites for hydroxylation is 1. The number of amides is 1. The molecule has 6 nitrogen and oxygen atoms in total. The predicted molar refractivity (Wildman–Crippen MR) is 110 cm³/mol. The van der Waals surface area contributed by atoms with Crippen LogP contribution < -0.4 is 10.3 Å². The minimum atomic E-state index is -0.621. The van der Waals surface area contributed by atoms with Gasteiger partial charge in [-0.25, -0.2) is 0 Å². The van der Waals surface area contributed by atoms with E-state index in [9.17, 15) is 9.59 Å². The standard InChI is InChI=1S/C20H12BrN3O3S/c1-10-22-23-20(28-10)24-16(11-6-8-12(21)9-7-11)15-17(25)13-4-2-3-5-14(13)27-18(15)19(24)26/h2-9,16H,1H3/t16-/m0/s1. The zero-order valence-corrected chi connectivity index (χ0v) is 17.0. The number of nitrogens with zero attached hydrogens (tertiary/aromatic N) is 3. The van der Waals surface area contributed by atoms with E-state index in [-0.39, 0.29) is 17.1 Å². The SMILES string of the molecule is Cc1nnc(N2C(=O)c3oc4ccccc4c(=O)c3[C@@H]2c2ccc(Br)cc2)s1. The van der Waals surface area contributed by atoms with Gasteiger partial charge in [0.1, 0.15) is 10.6 Å². The van der Waals surface area contributed by atoms with E-state index >= 15 is 0 Å². The number of fused-ring (bicyclic) bond motifs is 2.